The van der Waals surface area contributed by atoms with Crippen molar-refractivity contribution in [2.75, 3.05) is 18.5 Å². The van der Waals surface area contributed by atoms with E-state index in [2.05, 4.69) is 24.1 Å². The number of fused-ring (bicyclic) bond motifs is 3. The van der Waals surface area contributed by atoms with Crippen LogP contribution >= 0.6 is 11.3 Å². The standard InChI is InChI=1S/C21H26N4OS/c1-21(2,9-11-26)13-23-19-17-15-7-3-4-8-16(15)27-20(17)25-18(24-19)14-6-5-10-22-12-14/h5-6,10,12,26H,3-4,7-9,11,13H2,1-2H3,(H,23,24,25). The van der Waals surface area contributed by atoms with Crippen LogP contribution < -0.4 is 5.32 Å². The van der Waals surface area contributed by atoms with Gasteiger partial charge in [0.1, 0.15) is 10.6 Å². The molecule has 0 spiro atoms. The molecule has 6 heteroatoms. The van der Waals surface area contributed by atoms with E-state index < -0.39 is 0 Å². The summed E-state index contributed by atoms with van der Waals surface area (Å²) in [5.41, 5.74) is 2.36. The molecule has 3 aromatic rings. The summed E-state index contributed by atoms with van der Waals surface area (Å²) in [5, 5.41) is 14.1. The van der Waals surface area contributed by atoms with Gasteiger partial charge in [-0.15, -0.1) is 11.3 Å². The molecule has 0 atom stereocenters. The fourth-order valence-electron chi connectivity index (χ4n) is 3.62. The average Bonchev–Trinajstić information content (AvgIpc) is 3.05. The molecular formula is C21H26N4OS. The zero-order valence-corrected chi connectivity index (χ0v) is 16.8. The van der Waals surface area contributed by atoms with E-state index >= 15 is 0 Å². The van der Waals surface area contributed by atoms with Gasteiger partial charge < -0.3 is 10.4 Å². The van der Waals surface area contributed by atoms with Crippen LogP contribution in [0, 0.1) is 5.41 Å². The Hall–Kier alpha value is -2.05. The maximum atomic E-state index is 9.33. The summed E-state index contributed by atoms with van der Waals surface area (Å²) in [4.78, 5) is 16.5. The molecule has 1 aliphatic carbocycles. The molecule has 0 saturated heterocycles. The van der Waals surface area contributed by atoms with Gasteiger partial charge in [0.25, 0.3) is 0 Å². The van der Waals surface area contributed by atoms with Crippen molar-refractivity contribution >= 4 is 27.4 Å². The highest BCUT2D eigenvalue weighted by Gasteiger charge is 2.23. The molecule has 0 bridgehead atoms. The zero-order valence-electron chi connectivity index (χ0n) is 16.0. The molecular weight excluding hydrogens is 356 g/mol. The maximum absolute atomic E-state index is 9.33. The van der Waals surface area contributed by atoms with E-state index in [1.54, 1.807) is 6.20 Å². The third-order valence-electron chi connectivity index (χ3n) is 5.26. The molecule has 2 N–H and O–H groups in total. The minimum Gasteiger partial charge on any atom is -0.396 e. The summed E-state index contributed by atoms with van der Waals surface area (Å²) in [7, 11) is 0. The smallest absolute Gasteiger partial charge is 0.164 e. The lowest BCUT2D eigenvalue weighted by Gasteiger charge is -2.24. The molecule has 3 heterocycles. The predicted octanol–water partition coefficient (Wildman–Crippen LogP) is 4.45. The lowest BCUT2D eigenvalue weighted by molar-refractivity contribution is 0.220. The van der Waals surface area contributed by atoms with E-state index in [0.717, 1.165) is 47.8 Å². The average molecular weight is 383 g/mol. The molecule has 4 rings (SSSR count). The van der Waals surface area contributed by atoms with Gasteiger partial charge in [-0.2, -0.15) is 0 Å². The first-order valence-corrected chi connectivity index (χ1v) is 10.5. The van der Waals surface area contributed by atoms with Crippen molar-refractivity contribution in [1.29, 1.82) is 0 Å². The van der Waals surface area contributed by atoms with E-state index in [1.165, 1.54) is 28.7 Å². The molecule has 0 aliphatic heterocycles. The minimum absolute atomic E-state index is 0.00340. The molecule has 142 valence electrons. The van der Waals surface area contributed by atoms with Crippen LogP contribution in [0.1, 0.15) is 43.6 Å². The molecule has 0 radical (unpaired) electrons. The number of aliphatic hydroxyl groups is 1. The lowest BCUT2D eigenvalue weighted by atomic mass is 9.89. The van der Waals surface area contributed by atoms with Crippen LogP contribution in [-0.2, 0) is 12.8 Å². The minimum atomic E-state index is -0.00340. The van der Waals surface area contributed by atoms with Gasteiger partial charge in [-0.05, 0) is 55.2 Å². The molecule has 0 aromatic carbocycles. The number of aryl methyl sites for hydroxylation is 2. The number of thiophene rings is 1. The van der Waals surface area contributed by atoms with Crippen LogP contribution in [0.5, 0.6) is 0 Å². The summed E-state index contributed by atoms with van der Waals surface area (Å²) in [5.74, 6) is 1.64. The normalized spacial score (nSPS) is 14.3. The number of aliphatic hydroxyl groups excluding tert-OH is 1. The second-order valence-electron chi connectivity index (χ2n) is 8.02. The van der Waals surface area contributed by atoms with Crippen molar-refractivity contribution in [3.05, 3.63) is 35.0 Å². The zero-order chi connectivity index (χ0) is 18.9. The molecule has 3 aromatic heterocycles. The van der Waals surface area contributed by atoms with Crippen LogP contribution in [0.25, 0.3) is 21.6 Å². The third kappa shape index (κ3) is 3.82. The van der Waals surface area contributed by atoms with Gasteiger partial charge in [0.15, 0.2) is 5.82 Å². The maximum Gasteiger partial charge on any atom is 0.164 e. The molecule has 0 unspecified atom stereocenters. The van der Waals surface area contributed by atoms with Crippen LogP contribution in [0.4, 0.5) is 5.82 Å². The van der Waals surface area contributed by atoms with Crippen LogP contribution in [-0.4, -0.2) is 33.2 Å². The first kappa shape index (κ1) is 18.3. The first-order chi connectivity index (χ1) is 13.1. The van der Waals surface area contributed by atoms with E-state index in [1.807, 2.05) is 29.7 Å². The van der Waals surface area contributed by atoms with Gasteiger partial charge in [0, 0.05) is 36.0 Å². The van der Waals surface area contributed by atoms with Gasteiger partial charge in [0.05, 0.1) is 5.39 Å². The fraction of sp³-hybridized carbons (Fsp3) is 0.476. The molecule has 0 fully saturated rings. The number of nitrogens with one attached hydrogen (secondary N) is 1. The van der Waals surface area contributed by atoms with Gasteiger partial charge in [-0.25, -0.2) is 9.97 Å². The molecule has 27 heavy (non-hydrogen) atoms. The third-order valence-corrected chi connectivity index (χ3v) is 6.44. The number of pyridine rings is 1. The Morgan fingerprint density at radius 2 is 2.07 bits per heavy atom. The largest absolute Gasteiger partial charge is 0.396 e. The van der Waals surface area contributed by atoms with Gasteiger partial charge in [-0.3, -0.25) is 4.98 Å². The predicted molar refractivity (Wildman–Crippen MR) is 111 cm³/mol. The van der Waals surface area contributed by atoms with Crippen molar-refractivity contribution in [1.82, 2.24) is 15.0 Å². The SMILES string of the molecule is CC(C)(CCO)CNc1nc(-c2cccnc2)nc2sc3c(c12)CCCC3. The highest BCUT2D eigenvalue weighted by Crippen LogP contribution is 2.40. The summed E-state index contributed by atoms with van der Waals surface area (Å²) < 4.78 is 0. The van der Waals surface area contributed by atoms with Gasteiger partial charge >= 0.3 is 0 Å². The monoisotopic (exact) mass is 382 g/mol. The Kier molecular flexibility index (Phi) is 5.10. The lowest BCUT2D eigenvalue weighted by Crippen LogP contribution is -2.25. The molecule has 5 nitrogen and oxygen atoms in total. The van der Waals surface area contributed by atoms with Crippen molar-refractivity contribution in [3.8, 4) is 11.4 Å². The summed E-state index contributed by atoms with van der Waals surface area (Å²) in [6.07, 6.45) is 9.09. The van der Waals surface area contributed by atoms with E-state index in [9.17, 15) is 5.11 Å². The molecule has 0 saturated carbocycles. The number of aromatic nitrogens is 3. The van der Waals surface area contributed by atoms with Crippen molar-refractivity contribution in [2.24, 2.45) is 5.41 Å². The Labute approximate surface area is 163 Å². The molecule has 0 amide bonds. The number of hydrogen-bond donors (Lipinski definition) is 2. The molecule has 1 aliphatic rings. The van der Waals surface area contributed by atoms with Crippen LogP contribution in [0.3, 0.4) is 0 Å². The first-order valence-electron chi connectivity index (χ1n) is 9.65. The Morgan fingerprint density at radius 1 is 1.22 bits per heavy atom. The topological polar surface area (TPSA) is 70.9 Å². The highest BCUT2D eigenvalue weighted by molar-refractivity contribution is 7.19. The van der Waals surface area contributed by atoms with E-state index in [-0.39, 0.29) is 12.0 Å². The fourth-order valence-corrected chi connectivity index (χ4v) is 4.88. The Morgan fingerprint density at radius 3 is 2.85 bits per heavy atom. The second-order valence-corrected chi connectivity index (χ2v) is 9.10. The van der Waals surface area contributed by atoms with Crippen molar-refractivity contribution in [2.45, 2.75) is 46.0 Å². The van der Waals surface area contributed by atoms with Gasteiger partial charge in [-0.1, -0.05) is 13.8 Å². The van der Waals surface area contributed by atoms with Crippen LogP contribution in [0.15, 0.2) is 24.5 Å². The van der Waals surface area contributed by atoms with Crippen LogP contribution in [0.2, 0.25) is 0 Å². The Bertz CT molecular complexity index is 936. The quantitative estimate of drug-likeness (QED) is 0.659. The summed E-state index contributed by atoms with van der Waals surface area (Å²) in [6.45, 7) is 5.29. The van der Waals surface area contributed by atoms with Crippen molar-refractivity contribution < 1.29 is 5.11 Å². The summed E-state index contributed by atoms with van der Waals surface area (Å²) in [6, 6.07) is 3.92. The van der Waals surface area contributed by atoms with E-state index in [4.69, 9.17) is 9.97 Å². The number of anilines is 1. The second kappa shape index (κ2) is 7.52. The number of nitrogens with zero attached hydrogens (tertiary/aromatic N) is 3. The highest BCUT2D eigenvalue weighted by atomic mass is 32.1. The van der Waals surface area contributed by atoms with Crippen molar-refractivity contribution in [3.63, 3.8) is 0 Å². The van der Waals surface area contributed by atoms with E-state index in [0.29, 0.717) is 0 Å². The number of hydrogen-bond acceptors (Lipinski definition) is 6. The van der Waals surface area contributed by atoms with Gasteiger partial charge in [0.2, 0.25) is 0 Å². The number of rotatable bonds is 6. The Balaban J connectivity index is 1.79. The summed E-state index contributed by atoms with van der Waals surface area (Å²) >= 11 is 1.81.